The molecule has 0 atom stereocenters. The number of hydrogen-bond donors (Lipinski definition) is 0. The Kier molecular flexibility index (Phi) is 16.2. The molecule has 4 aromatic rings. The van der Waals surface area contributed by atoms with Crippen LogP contribution in [0.25, 0.3) is 21.8 Å². The van der Waals surface area contributed by atoms with E-state index in [4.69, 9.17) is 9.47 Å². The Morgan fingerprint density at radius 1 is 0.795 bits per heavy atom. The van der Waals surface area contributed by atoms with Gasteiger partial charge in [-0.15, -0.1) is 0 Å². The van der Waals surface area contributed by atoms with Gasteiger partial charge < -0.3 is 14.2 Å². The van der Waals surface area contributed by atoms with E-state index in [2.05, 4.69) is 75.3 Å². The van der Waals surface area contributed by atoms with Crippen molar-refractivity contribution in [1.29, 1.82) is 0 Å². The van der Waals surface area contributed by atoms with Gasteiger partial charge in [-0.1, -0.05) is 36.4 Å². The molecule has 44 heavy (non-hydrogen) atoms. The Morgan fingerprint density at radius 2 is 1.20 bits per heavy atom. The third-order valence-corrected chi connectivity index (χ3v) is 8.31. The van der Waals surface area contributed by atoms with Crippen LogP contribution in [0.2, 0.25) is 0 Å². The fourth-order valence-electron chi connectivity index (χ4n) is 3.10. The number of carbonyl (C=O) groups excluding carboxylic acids is 1. The van der Waals surface area contributed by atoms with Crippen molar-refractivity contribution in [1.82, 2.24) is 9.97 Å². The summed E-state index contributed by atoms with van der Waals surface area (Å²) in [5.74, 6) is -1.64. The van der Waals surface area contributed by atoms with E-state index in [1.165, 1.54) is 13.2 Å². The standard InChI is InChI=1S/C11H7BrF3NO.C10H7Br2NO.C4H6F2O4S.Cu.HI/c1-17-9-8(12)6-4-2-3-5-7(6)16-10(9)11(13,14)15;1-14-9-8(11)6-4-2-3-5-7(6)13-10(9)12;1-10-3(7)4(5,6)11(2,8)9;;/h2-5H,1H3;2-5H,1H3;1-2H3;;1H/q;;;+1;/p-1. The Balaban J connectivity index is 0.000000329. The molecule has 0 unspecified atom stereocenters. The van der Waals surface area contributed by atoms with Crippen LogP contribution in [0.3, 0.4) is 0 Å². The van der Waals surface area contributed by atoms with Crippen molar-refractivity contribution in [3.63, 3.8) is 0 Å². The van der Waals surface area contributed by atoms with Gasteiger partial charge in [-0.05, 0) is 59.9 Å². The van der Waals surface area contributed by atoms with Crippen LogP contribution in [0.4, 0.5) is 22.0 Å². The van der Waals surface area contributed by atoms with Gasteiger partial charge >= 0.3 is 50.5 Å². The summed E-state index contributed by atoms with van der Waals surface area (Å²) in [5, 5.41) is -2.81. The molecule has 0 bridgehead atoms. The summed E-state index contributed by atoms with van der Waals surface area (Å²) in [6.07, 6.45) is -4.29. The third kappa shape index (κ3) is 10.1. The summed E-state index contributed by atoms with van der Waals surface area (Å²) in [5.41, 5.74) is 0.185. The van der Waals surface area contributed by atoms with E-state index < -0.39 is 32.9 Å². The molecule has 2 aromatic heterocycles. The SMILES string of the molecule is COC(=O)C(F)(F)S(C)(=O)=O.COc1c(Br)nc2ccccc2c1Br.COc1c(C(F)(F)F)nc2ccccc2c1Br.[Cu][I]. The quantitative estimate of drug-likeness (QED) is 0.0660. The van der Waals surface area contributed by atoms with E-state index in [0.717, 1.165) is 21.1 Å². The van der Waals surface area contributed by atoms with Crippen molar-refractivity contribution >= 4 is 106 Å². The van der Waals surface area contributed by atoms with Gasteiger partial charge in [-0.2, -0.15) is 22.0 Å². The third-order valence-electron chi connectivity index (χ3n) is 5.10. The van der Waals surface area contributed by atoms with Crippen LogP contribution in [0.15, 0.2) is 62.1 Å². The average molecular weight is 1000 g/mol. The number of esters is 1. The van der Waals surface area contributed by atoms with Gasteiger partial charge in [0.15, 0.2) is 17.2 Å². The Morgan fingerprint density at radius 3 is 1.57 bits per heavy atom. The van der Waals surface area contributed by atoms with E-state index in [-0.39, 0.29) is 22.0 Å². The first-order valence-electron chi connectivity index (χ1n) is 11.2. The van der Waals surface area contributed by atoms with Crippen molar-refractivity contribution in [3.8, 4) is 11.5 Å². The van der Waals surface area contributed by atoms with Crippen LogP contribution in [-0.2, 0) is 38.3 Å². The molecule has 0 saturated heterocycles. The number of benzene rings is 2. The first-order chi connectivity index (χ1) is 20.4. The molecule has 0 radical (unpaired) electrons. The van der Waals surface area contributed by atoms with Crippen LogP contribution < -0.4 is 9.47 Å². The van der Waals surface area contributed by atoms with Gasteiger partial charge in [0.05, 0.1) is 41.3 Å². The number of carbonyl (C=O) groups is 1. The summed E-state index contributed by atoms with van der Waals surface area (Å²) >= 11 is 15.9. The summed E-state index contributed by atoms with van der Waals surface area (Å²) in [6, 6.07) is 14.5. The zero-order valence-corrected chi connectivity index (χ0v) is 31.2. The van der Waals surface area contributed by atoms with E-state index in [1.54, 1.807) is 45.7 Å². The second-order valence-electron chi connectivity index (χ2n) is 7.87. The first-order valence-corrected chi connectivity index (χ1v) is 18.5. The fourth-order valence-corrected chi connectivity index (χ4v) is 5.68. The molecule has 0 spiro atoms. The number of alkyl halides is 5. The van der Waals surface area contributed by atoms with Crippen molar-refractivity contribution in [2.75, 3.05) is 27.6 Å². The van der Waals surface area contributed by atoms with Crippen LogP contribution in [-0.4, -0.2) is 57.2 Å². The maximum atomic E-state index is 12.8. The molecule has 0 aliphatic carbocycles. The topological polar surface area (TPSA) is 105 Å². The van der Waals surface area contributed by atoms with Gasteiger partial charge in [0.2, 0.25) is 9.84 Å². The summed E-state index contributed by atoms with van der Waals surface area (Å²) in [4.78, 5) is 18.1. The van der Waals surface area contributed by atoms with Gasteiger partial charge in [0, 0.05) is 17.0 Å². The van der Waals surface area contributed by atoms with E-state index in [0.29, 0.717) is 17.1 Å². The monoisotopic (exact) mass is 998 g/mol. The van der Waals surface area contributed by atoms with E-state index in [1.807, 2.05) is 24.3 Å². The predicted octanol–water partition coefficient (Wildman–Crippen LogP) is 8.47. The number of aromatic nitrogens is 2. The minimum absolute atomic E-state index is 0.254. The van der Waals surface area contributed by atoms with E-state index in [9.17, 15) is 35.2 Å². The first kappa shape index (κ1) is 40.6. The number of para-hydroxylation sites is 2. The van der Waals surface area contributed by atoms with Crippen molar-refractivity contribution in [2.45, 2.75) is 11.4 Å². The number of halogens is 9. The van der Waals surface area contributed by atoms with Gasteiger partial charge in [0.1, 0.15) is 4.60 Å². The predicted molar refractivity (Wildman–Crippen MR) is 171 cm³/mol. The molecule has 0 N–H and O–H groups in total. The maximum absolute atomic E-state index is 12.8. The van der Waals surface area contributed by atoms with E-state index >= 15 is 0 Å². The number of methoxy groups -OCH3 is 3. The number of nitrogens with zero attached hydrogens (tertiary/aromatic N) is 2. The summed E-state index contributed by atoms with van der Waals surface area (Å²) in [7, 11) is -1.23. The number of ether oxygens (including phenoxy) is 3. The number of rotatable bonds is 4. The zero-order chi connectivity index (χ0) is 34.0. The molecular weight excluding hydrogens is 982 g/mol. The molecule has 0 aliphatic rings. The molecule has 2 aromatic carbocycles. The Bertz CT molecular complexity index is 1720. The minimum atomic E-state index is -4.72. The van der Waals surface area contributed by atoms with Crippen molar-refractivity contribution < 1.29 is 62.1 Å². The molecule has 0 saturated carbocycles. The normalized spacial score (nSPS) is 11.2. The number of pyridine rings is 2. The Labute approximate surface area is 293 Å². The van der Waals surface area contributed by atoms with Crippen LogP contribution >= 0.6 is 68.1 Å². The van der Waals surface area contributed by atoms with Crippen molar-refractivity contribution in [3.05, 3.63) is 67.8 Å². The number of sulfone groups is 1. The summed E-state index contributed by atoms with van der Waals surface area (Å²) in [6.45, 7) is 0. The van der Waals surface area contributed by atoms with Crippen LogP contribution in [0, 0.1) is 0 Å². The molecule has 0 aliphatic heterocycles. The molecule has 19 heteroatoms. The molecule has 246 valence electrons. The summed E-state index contributed by atoms with van der Waals surface area (Å²) < 4.78 is 98.8. The molecule has 2 heterocycles. The molecule has 4 rings (SSSR count). The van der Waals surface area contributed by atoms with Gasteiger partial charge in [0.25, 0.3) is 0 Å². The van der Waals surface area contributed by atoms with Gasteiger partial charge in [-0.3, -0.25) is 0 Å². The second-order valence-corrected chi connectivity index (χ2v) is 12.3. The average Bonchev–Trinajstić information content (AvgIpc) is 2.97. The second kappa shape index (κ2) is 17.5. The molecule has 8 nitrogen and oxygen atoms in total. The van der Waals surface area contributed by atoms with Gasteiger partial charge in [-0.25, -0.2) is 23.2 Å². The van der Waals surface area contributed by atoms with Crippen LogP contribution in [0.5, 0.6) is 11.5 Å². The zero-order valence-electron chi connectivity index (χ0n) is 22.6. The Hall–Kier alpha value is -1.38. The van der Waals surface area contributed by atoms with Crippen LogP contribution in [0.1, 0.15) is 5.69 Å². The molecule has 0 fully saturated rings. The number of fused-ring (bicyclic) bond motifs is 2. The molecular formula is C25H20Br3CuF5IN2O6S. The fraction of sp³-hybridized carbons (Fsp3) is 0.240. The molecule has 0 amide bonds. The van der Waals surface area contributed by atoms with Crippen molar-refractivity contribution in [2.24, 2.45) is 0 Å². The number of hydrogen-bond acceptors (Lipinski definition) is 8.